The molecule has 0 fully saturated rings. The van der Waals surface area contributed by atoms with Crippen molar-refractivity contribution in [1.82, 2.24) is 0 Å². The van der Waals surface area contributed by atoms with Crippen LogP contribution in [0.25, 0.3) is 0 Å². The van der Waals surface area contributed by atoms with Gasteiger partial charge in [-0.05, 0) is 29.7 Å². The number of benzene rings is 1. The van der Waals surface area contributed by atoms with Crippen LogP contribution in [0.3, 0.4) is 0 Å². The lowest BCUT2D eigenvalue weighted by Crippen LogP contribution is -2.40. The first-order valence-electron chi connectivity index (χ1n) is 4.61. The monoisotopic (exact) mass is 245 g/mol. The van der Waals surface area contributed by atoms with Crippen molar-refractivity contribution in [2.45, 2.75) is 26.6 Å². The molecule has 0 saturated heterocycles. The first-order valence-corrected chi connectivity index (χ1v) is 9.65. The Labute approximate surface area is 96.2 Å². The second-order valence-corrected chi connectivity index (χ2v) is 10.4. The molecule has 0 saturated carbocycles. The largest absolute Gasteiger partial charge is 0.331 e. The third-order valence-corrected chi connectivity index (χ3v) is 6.45. The maximum Gasteiger partial charge on any atom is 0.162 e. The molecule has 0 N–H and O–H groups in total. The first-order chi connectivity index (χ1) is 6.45. The van der Waals surface area contributed by atoms with Crippen LogP contribution in [0.2, 0.25) is 19.6 Å². The van der Waals surface area contributed by atoms with Gasteiger partial charge in [0.1, 0.15) is 0 Å². The van der Waals surface area contributed by atoms with Gasteiger partial charge in [-0.25, -0.2) is 0 Å². The number of rotatable bonds is 3. The standard InChI is InChI=1S/C10H16ClNSSi/c1-9-5-7-10(8-6-9)12(13-11)14(2,3)4/h5-8H,1-4H3. The second-order valence-electron chi connectivity index (χ2n) is 4.37. The van der Waals surface area contributed by atoms with E-state index >= 15 is 0 Å². The van der Waals surface area contributed by atoms with Crippen LogP contribution in [0.4, 0.5) is 5.69 Å². The predicted octanol–water partition coefficient (Wildman–Crippen LogP) is 4.44. The molecule has 0 heterocycles. The lowest BCUT2D eigenvalue weighted by molar-refractivity contribution is 1.42. The zero-order chi connectivity index (χ0) is 10.8. The zero-order valence-electron chi connectivity index (χ0n) is 9.04. The van der Waals surface area contributed by atoms with Gasteiger partial charge in [-0.1, -0.05) is 37.3 Å². The lowest BCUT2D eigenvalue weighted by Gasteiger charge is -2.32. The fourth-order valence-corrected chi connectivity index (χ4v) is 5.27. The van der Waals surface area contributed by atoms with E-state index in [9.17, 15) is 0 Å². The number of aryl methyl sites for hydroxylation is 1. The maximum atomic E-state index is 5.90. The Morgan fingerprint density at radius 1 is 1.14 bits per heavy atom. The Morgan fingerprint density at radius 2 is 1.64 bits per heavy atom. The van der Waals surface area contributed by atoms with Gasteiger partial charge in [0.15, 0.2) is 8.24 Å². The Morgan fingerprint density at radius 3 is 2.00 bits per heavy atom. The highest BCUT2D eigenvalue weighted by Gasteiger charge is 2.24. The van der Waals surface area contributed by atoms with Gasteiger partial charge >= 0.3 is 0 Å². The summed E-state index contributed by atoms with van der Waals surface area (Å²) in [5.74, 6) is 0. The first kappa shape index (κ1) is 11.9. The third kappa shape index (κ3) is 2.94. The quantitative estimate of drug-likeness (QED) is 0.572. The molecule has 14 heavy (non-hydrogen) atoms. The van der Waals surface area contributed by atoms with Gasteiger partial charge in [-0.3, -0.25) is 0 Å². The Balaban J connectivity index is 2.96. The van der Waals surface area contributed by atoms with Crippen LogP contribution in [-0.2, 0) is 0 Å². The minimum atomic E-state index is -1.38. The predicted molar refractivity (Wildman–Crippen MR) is 70.4 cm³/mol. The van der Waals surface area contributed by atoms with Crippen LogP contribution >= 0.6 is 21.8 Å². The van der Waals surface area contributed by atoms with E-state index in [1.54, 1.807) is 0 Å². The van der Waals surface area contributed by atoms with Crippen LogP contribution in [0.1, 0.15) is 5.56 Å². The van der Waals surface area contributed by atoms with E-state index in [0.717, 1.165) is 0 Å². The van der Waals surface area contributed by atoms with Crippen LogP contribution < -0.4 is 3.97 Å². The molecule has 78 valence electrons. The van der Waals surface area contributed by atoms with E-state index in [1.807, 2.05) is 0 Å². The van der Waals surface area contributed by atoms with Gasteiger partial charge in [0.05, 0.1) is 11.2 Å². The molecule has 0 aliphatic rings. The Hall–Kier alpha value is -0.123. The molecule has 0 aliphatic heterocycles. The molecule has 0 amide bonds. The van der Waals surface area contributed by atoms with Crippen LogP contribution in [-0.4, -0.2) is 8.24 Å². The van der Waals surface area contributed by atoms with Crippen molar-refractivity contribution in [2.75, 3.05) is 3.97 Å². The minimum Gasteiger partial charge on any atom is -0.331 e. The van der Waals surface area contributed by atoms with Crippen molar-refractivity contribution in [3.63, 3.8) is 0 Å². The summed E-state index contributed by atoms with van der Waals surface area (Å²) in [6.45, 7) is 8.93. The minimum absolute atomic E-state index is 1.20. The molecule has 0 unspecified atom stereocenters. The highest BCUT2D eigenvalue weighted by atomic mass is 35.7. The van der Waals surface area contributed by atoms with E-state index in [-0.39, 0.29) is 0 Å². The molecule has 0 bridgehead atoms. The SMILES string of the molecule is Cc1ccc(N(SCl)[Si](C)(C)C)cc1. The van der Waals surface area contributed by atoms with E-state index < -0.39 is 8.24 Å². The molecular weight excluding hydrogens is 230 g/mol. The number of halogens is 1. The second kappa shape index (κ2) is 4.60. The van der Waals surface area contributed by atoms with Crippen LogP contribution in [0.15, 0.2) is 24.3 Å². The molecule has 0 aliphatic carbocycles. The highest BCUT2D eigenvalue weighted by Crippen LogP contribution is 2.31. The normalized spacial score (nSPS) is 11.5. The third-order valence-electron chi connectivity index (χ3n) is 1.95. The van der Waals surface area contributed by atoms with Crippen molar-refractivity contribution in [3.05, 3.63) is 29.8 Å². The number of hydrogen-bond donors (Lipinski definition) is 0. The molecule has 1 nitrogen and oxygen atoms in total. The fourth-order valence-electron chi connectivity index (χ4n) is 1.21. The summed E-state index contributed by atoms with van der Waals surface area (Å²) in [5.41, 5.74) is 2.48. The van der Waals surface area contributed by atoms with Gasteiger partial charge in [-0.15, -0.1) is 0 Å². The van der Waals surface area contributed by atoms with Gasteiger partial charge in [-0.2, -0.15) is 0 Å². The van der Waals surface area contributed by atoms with Gasteiger partial charge in [0.25, 0.3) is 0 Å². The smallest absolute Gasteiger partial charge is 0.162 e. The molecule has 1 aromatic carbocycles. The summed E-state index contributed by atoms with van der Waals surface area (Å²) in [4.78, 5) is 0. The van der Waals surface area contributed by atoms with Gasteiger partial charge in [0, 0.05) is 5.69 Å². The summed E-state index contributed by atoms with van der Waals surface area (Å²) in [6, 6.07) is 8.50. The molecular formula is C10H16ClNSSi. The summed E-state index contributed by atoms with van der Waals surface area (Å²) in [7, 11) is 4.52. The molecule has 1 aromatic rings. The average Bonchev–Trinajstić information content (AvgIpc) is 2.07. The van der Waals surface area contributed by atoms with Gasteiger partial charge < -0.3 is 3.97 Å². The number of nitrogens with zero attached hydrogens (tertiary/aromatic N) is 1. The summed E-state index contributed by atoms with van der Waals surface area (Å²) < 4.78 is 2.23. The van der Waals surface area contributed by atoms with Crippen LogP contribution in [0.5, 0.6) is 0 Å². The van der Waals surface area contributed by atoms with Crippen molar-refractivity contribution in [1.29, 1.82) is 0 Å². The molecule has 0 spiro atoms. The Bertz CT molecular complexity index is 294. The maximum absolute atomic E-state index is 5.90. The average molecular weight is 246 g/mol. The molecule has 0 atom stereocenters. The zero-order valence-corrected chi connectivity index (χ0v) is 11.6. The van der Waals surface area contributed by atoms with E-state index in [0.29, 0.717) is 0 Å². The van der Waals surface area contributed by atoms with E-state index in [2.05, 4.69) is 54.8 Å². The summed E-state index contributed by atoms with van der Waals surface area (Å²) in [5, 5.41) is 0. The van der Waals surface area contributed by atoms with Crippen LogP contribution in [0, 0.1) is 6.92 Å². The number of hydrogen-bond acceptors (Lipinski definition) is 2. The molecule has 0 aromatic heterocycles. The number of anilines is 1. The topological polar surface area (TPSA) is 3.24 Å². The van der Waals surface area contributed by atoms with Crippen molar-refractivity contribution >= 4 is 35.8 Å². The van der Waals surface area contributed by atoms with Crippen molar-refractivity contribution < 1.29 is 0 Å². The fraction of sp³-hybridized carbons (Fsp3) is 0.400. The highest BCUT2D eigenvalue weighted by molar-refractivity contribution is 8.23. The lowest BCUT2D eigenvalue weighted by atomic mass is 10.2. The van der Waals surface area contributed by atoms with E-state index in [1.165, 1.54) is 22.4 Å². The van der Waals surface area contributed by atoms with Crippen molar-refractivity contribution in [3.8, 4) is 0 Å². The summed E-state index contributed by atoms with van der Waals surface area (Å²) >= 11 is 1.30. The van der Waals surface area contributed by atoms with Gasteiger partial charge in [0.2, 0.25) is 0 Å². The molecule has 1 rings (SSSR count). The Kier molecular flexibility index (Phi) is 3.92. The van der Waals surface area contributed by atoms with Crippen molar-refractivity contribution in [2.24, 2.45) is 0 Å². The molecule has 4 heteroatoms. The van der Waals surface area contributed by atoms with E-state index in [4.69, 9.17) is 10.7 Å². The molecule has 0 radical (unpaired) electrons. The summed E-state index contributed by atoms with van der Waals surface area (Å²) in [6.07, 6.45) is 0.